The van der Waals surface area contributed by atoms with Gasteiger partial charge in [0, 0.05) is 38.2 Å². The normalized spacial score (nSPS) is 18.7. The number of nitrogens with zero attached hydrogens (tertiary/aromatic N) is 2. The Kier molecular flexibility index (Phi) is 6.81. The third kappa shape index (κ3) is 4.79. The van der Waals surface area contributed by atoms with Gasteiger partial charge in [0.15, 0.2) is 0 Å². The highest BCUT2D eigenvalue weighted by Crippen LogP contribution is 2.35. The Hall–Kier alpha value is -2.78. The topological polar surface area (TPSA) is 86.8 Å². The van der Waals surface area contributed by atoms with Gasteiger partial charge in [0.25, 0.3) is 0 Å². The van der Waals surface area contributed by atoms with Crippen LogP contribution in [0.2, 0.25) is 0 Å². The standard InChI is InChI=1S/C24H28FN3O4S/c1-2-23(29)28-21-11-10-20(33(31,32)27-12-4-3-5-13-27)14-18(21)15-22(28)24(30)26-16-17-6-8-19(25)9-7-17/h6-11,14,22H,2-5,12-13,15-16H2,1H3,(H,26,30)/t22-/m1/s1. The molecule has 0 unspecified atom stereocenters. The number of carbonyl (C=O) groups is 2. The lowest BCUT2D eigenvalue weighted by atomic mass is 10.1. The number of amides is 2. The van der Waals surface area contributed by atoms with Crippen LogP contribution in [0, 0.1) is 5.82 Å². The molecular weight excluding hydrogens is 445 g/mol. The number of anilines is 1. The maximum Gasteiger partial charge on any atom is 0.243 e. The first-order valence-electron chi connectivity index (χ1n) is 11.3. The first-order chi connectivity index (χ1) is 15.8. The second-order valence-electron chi connectivity index (χ2n) is 8.44. The van der Waals surface area contributed by atoms with E-state index in [1.54, 1.807) is 31.2 Å². The van der Waals surface area contributed by atoms with Gasteiger partial charge >= 0.3 is 0 Å². The summed E-state index contributed by atoms with van der Waals surface area (Å²) in [5, 5.41) is 2.82. The molecule has 0 bridgehead atoms. The van der Waals surface area contributed by atoms with Gasteiger partial charge in [0.05, 0.1) is 4.90 Å². The van der Waals surface area contributed by atoms with Gasteiger partial charge in [-0.05, 0) is 54.3 Å². The summed E-state index contributed by atoms with van der Waals surface area (Å²) in [6.07, 6.45) is 3.17. The zero-order valence-electron chi connectivity index (χ0n) is 18.6. The number of fused-ring (bicyclic) bond motifs is 1. The molecule has 2 aliphatic heterocycles. The van der Waals surface area contributed by atoms with Crippen LogP contribution in [0.15, 0.2) is 47.4 Å². The maximum absolute atomic E-state index is 13.1. The molecule has 1 fully saturated rings. The number of hydrogen-bond donors (Lipinski definition) is 1. The lowest BCUT2D eigenvalue weighted by Crippen LogP contribution is -2.47. The molecule has 176 valence electrons. The minimum absolute atomic E-state index is 0.194. The predicted octanol–water partition coefficient (Wildman–Crippen LogP) is 2.98. The van der Waals surface area contributed by atoms with E-state index in [1.807, 2.05) is 0 Å². The monoisotopic (exact) mass is 473 g/mol. The van der Waals surface area contributed by atoms with E-state index in [1.165, 1.54) is 27.4 Å². The number of benzene rings is 2. The smallest absolute Gasteiger partial charge is 0.243 e. The second kappa shape index (κ2) is 9.61. The highest BCUT2D eigenvalue weighted by Gasteiger charge is 2.38. The van der Waals surface area contributed by atoms with E-state index in [0.29, 0.717) is 24.3 Å². The summed E-state index contributed by atoms with van der Waals surface area (Å²) in [6, 6.07) is 9.82. The summed E-state index contributed by atoms with van der Waals surface area (Å²) in [4.78, 5) is 27.4. The average Bonchev–Trinajstić information content (AvgIpc) is 3.22. The van der Waals surface area contributed by atoms with E-state index in [4.69, 9.17) is 0 Å². The Bertz CT molecular complexity index is 1140. The Labute approximate surface area is 193 Å². The van der Waals surface area contributed by atoms with Gasteiger partial charge < -0.3 is 5.32 Å². The number of hydrogen-bond acceptors (Lipinski definition) is 4. The summed E-state index contributed by atoms with van der Waals surface area (Å²) in [6.45, 7) is 2.94. The van der Waals surface area contributed by atoms with Crippen molar-refractivity contribution in [3.05, 3.63) is 59.4 Å². The summed E-state index contributed by atoms with van der Waals surface area (Å²) < 4.78 is 40.8. The molecule has 2 aromatic rings. The molecule has 2 amide bonds. The molecule has 0 aliphatic carbocycles. The van der Waals surface area contributed by atoms with Crippen LogP contribution in [0.4, 0.5) is 10.1 Å². The predicted molar refractivity (Wildman–Crippen MR) is 123 cm³/mol. The minimum Gasteiger partial charge on any atom is -0.350 e. The molecule has 1 atom stereocenters. The van der Waals surface area contributed by atoms with Crippen molar-refractivity contribution in [1.29, 1.82) is 0 Å². The molecule has 1 N–H and O–H groups in total. The fraction of sp³-hybridized carbons (Fsp3) is 0.417. The van der Waals surface area contributed by atoms with E-state index in [9.17, 15) is 22.4 Å². The van der Waals surface area contributed by atoms with Crippen LogP contribution < -0.4 is 10.2 Å². The summed E-state index contributed by atoms with van der Waals surface area (Å²) in [5.41, 5.74) is 1.97. The molecule has 0 spiro atoms. The first kappa shape index (κ1) is 23.4. The molecular formula is C24H28FN3O4S. The molecule has 33 heavy (non-hydrogen) atoms. The van der Waals surface area contributed by atoms with Crippen molar-refractivity contribution in [2.24, 2.45) is 0 Å². The number of carbonyl (C=O) groups excluding carboxylic acids is 2. The number of sulfonamides is 1. The van der Waals surface area contributed by atoms with Gasteiger partial charge in [-0.3, -0.25) is 14.5 Å². The SMILES string of the molecule is CCC(=O)N1c2ccc(S(=O)(=O)N3CCCCC3)cc2C[C@@H]1C(=O)NCc1ccc(F)cc1. The summed E-state index contributed by atoms with van der Waals surface area (Å²) in [7, 11) is -3.62. The van der Waals surface area contributed by atoms with E-state index < -0.39 is 16.1 Å². The molecule has 0 radical (unpaired) electrons. The summed E-state index contributed by atoms with van der Waals surface area (Å²) in [5.74, 6) is -0.897. The zero-order valence-corrected chi connectivity index (χ0v) is 19.4. The van der Waals surface area contributed by atoms with Crippen molar-refractivity contribution in [3.63, 3.8) is 0 Å². The molecule has 7 nitrogen and oxygen atoms in total. The molecule has 2 aromatic carbocycles. The average molecular weight is 474 g/mol. The third-order valence-corrected chi connectivity index (χ3v) is 8.14. The number of halogens is 1. The quantitative estimate of drug-likeness (QED) is 0.699. The fourth-order valence-electron chi connectivity index (χ4n) is 4.44. The van der Waals surface area contributed by atoms with Crippen LogP contribution in [0.3, 0.4) is 0 Å². The van der Waals surface area contributed by atoms with Gasteiger partial charge in [0.2, 0.25) is 21.8 Å². The van der Waals surface area contributed by atoms with Crippen molar-refractivity contribution in [2.45, 2.75) is 56.5 Å². The Morgan fingerprint density at radius 1 is 1.06 bits per heavy atom. The van der Waals surface area contributed by atoms with E-state index in [-0.39, 0.29) is 41.9 Å². The Balaban J connectivity index is 1.56. The van der Waals surface area contributed by atoms with E-state index >= 15 is 0 Å². The molecule has 2 heterocycles. The minimum atomic E-state index is -3.62. The highest BCUT2D eigenvalue weighted by atomic mass is 32.2. The van der Waals surface area contributed by atoms with Crippen molar-refractivity contribution in [2.75, 3.05) is 18.0 Å². The van der Waals surface area contributed by atoms with Gasteiger partial charge in [-0.1, -0.05) is 25.5 Å². The van der Waals surface area contributed by atoms with Crippen LogP contribution in [0.25, 0.3) is 0 Å². The first-order valence-corrected chi connectivity index (χ1v) is 12.7. The lowest BCUT2D eigenvalue weighted by molar-refractivity contribution is -0.126. The van der Waals surface area contributed by atoms with Gasteiger partial charge in [-0.15, -0.1) is 0 Å². The Morgan fingerprint density at radius 3 is 2.42 bits per heavy atom. The van der Waals surface area contributed by atoms with Crippen molar-refractivity contribution in [1.82, 2.24) is 9.62 Å². The third-order valence-electron chi connectivity index (χ3n) is 6.24. The van der Waals surface area contributed by atoms with Gasteiger partial charge in [0.1, 0.15) is 11.9 Å². The van der Waals surface area contributed by atoms with Gasteiger partial charge in [-0.25, -0.2) is 12.8 Å². The lowest BCUT2D eigenvalue weighted by Gasteiger charge is -2.26. The van der Waals surface area contributed by atoms with Crippen LogP contribution in [0.5, 0.6) is 0 Å². The second-order valence-corrected chi connectivity index (χ2v) is 10.4. The van der Waals surface area contributed by atoms with Crippen LogP contribution in [0.1, 0.15) is 43.7 Å². The Morgan fingerprint density at radius 2 is 1.76 bits per heavy atom. The zero-order chi connectivity index (χ0) is 23.6. The molecule has 0 aromatic heterocycles. The molecule has 0 saturated carbocycles. The van der Waals surface area contributed by atoms with Crippen molar-refractivity contribution in [3.8, 4) is 0 Å². The fourth-order valence-corrected chi connectivity index (χ4v) is 6.01. The van der Waals surface area contributed by atoms with Crippen LogP contribution in [-0.4, -0.2) is 43.7 Å². The number of rotatable bonds is 6. The maximum atomic E-state index is 13.1. The molecule has 2 aliphatic rings. The van der Waals surface area contributed by atoms with E-state index in [2.05, 4.69) is 5.32 Å². The van der Waals surface area contributed by atoms with Crippen molar-refractivity contribution < 1.29 is 22.4 Å². The number of piperidine rings is 1. The highest BCUT2D eigenvalue weighted by molar-refractivity contribution is 7.89. The van der Waals surface area contributed by atoms with Crippen molar-refractivity contribution >= 4 is 27.5 Å². The molecule has 9 heteroatoms. The van der Waals surface area contributed by atoms with Gasteiger partial charge in [-0.2, -0.15) is 4.31 Å². The largest absolute Gasteiger partial charge is 0.350 e. The summed E-state index contributed by atoms with van der Waals surface area (Å²) >= 11 is 0. The number of nitrogens with one attached hydrogen (secondary N) is 1. The van der Waals surface area contributed by atoms with Crippen LogP contribution in [-0.2, 0) is 32.6 Å². The molecule has 1 saturated heterocycles. The molecule has 4 rings (SSSR count). The van der Waals surface area contributed by atoms with E-state index in [0.717, 1.165) is 24.8 Å². The van der Waals surface area contributed by atoms with Crippen LogP contribution >= 0.6 is 0 Å².